The first-order valence-corrected chi connectivity index (χ1v) is 13.8. The van der Waals surface area contributed by atoms with Crippen molar-refractivity contribution in [3.8, 4) is 34.1 Å². The lowest BCUT2D eigenvalue weighted by Gasteiger charge is -2.09. The molecule has 1 aromatic heterocycles. The SMILES string of the molecule is COc1ccc2[nH]c(C(=O)NN=Cc3cc(Br)ccc3OC(=O)c3ccc4c(c3)OCO4)c(-c3ccccc3Cl)c2c1. The molecular formula is C31H21BrClN3O6. The van der Waals surface area contributed by atoms with Gasteiger partial charge in [0.05, 0.1) is 18.9 Å². The summed E-state index contributed by atoms with van der Waals surface area (Å²) in [5.41, 5.74) is 5.60. The van der Waals surface area contributed by atoms with Crippen LogP contribution in [0.15, 0.2) is 88.4 Å². The molecule has 0 atom stereocenters. The van der Waals surface area contributed by atoms with Crippen molar-refractivity contribution in [2.75, 3.05) is 13.9 Å². The highest BCUT2D eigenvalue weighted by atomic mass is 79.9. The van der Waals surface area contributed by atoms with Crippen LogP contribution in [0, 0.1) is 0 Å². The first-order chi connectivity index (χ1) is 20.4. The number of carbonyl (C=O) groups is 2. The quantitative estimate of drug-likeness (QED) is 0.0855. The molecule has 1 aliphatic rings. The van der Waals surface area contributed by atoms with Crippen LogP contribution in [0.2, 0.25) is 5.02 Å². The van der Waals surface area contributed by atoms with E-state index in [4.69, 9.17) is 30.5 Å². The van der Waals surface area contributed by atoms with E-state index in [2.05, 4.69) is 31.4 Å². The van der Waals surface area contributed by atoms with E-state index in [0.29, 0.717) is 44.5 Å². The van der Waals surface area contributed by atoms with E-state index in [9.17, 15) is 9.59 Å². The van der Waals surface area contributed by atoms with Crippen molar-refractivity contribution < 1.29 is 28.5 Å². The maximum Gasteiger partial charge on any atom is 0.343 e. The Hall–Kier alpha value is -4.80. The molecule has 4 aromatic carbocycles. The number of methoxy groups -OCH3 is 1. The second-order valence-electron chi connectivity index (χ2n) is 9.11. The summed E-state index contributed by atoms with van der Waals surface area (Å²) < 4.78 is 22.4. The Kier molecular flexibility index (Phi) is 7.56. The number of fused-ring (bicyclic) bond motifs is 2. The molecule has 0 spiro atoms. The van der Waals surface area contributed by atoms with Gasteiger partial charge in [-0.25, -0.2) is 10.2 Å². The third-order valence-electron chi connectivity index (χ3n) is 6.53. The number of ether oxygens (including phenoxy) is 4. The molecule has 2 heterocycles. The number of esters is 1. The van der Waals surface area contributed by atoms with Gasteiger partial charge in [-0.3, -0.25) is 4.79 Å². The minimum atomic E-state index is -0.591. The zero-order valence-electron chi connectivity index (χ0n) is 21.9. The maximum absolute atomic E-state index is 13.4. The summed E-state index contributed by atoms with van der Waals surface area (Å²) in [6.45, 7) is 0.0967. The highest BCUT2D eigenvalue weighted by Crippen LogP contribution is 2.38. The number of carbonyl (C=O) groups excluding carboxylic acids is 2. The zero-order valence-corrected chi connectivity index (χ0v) is 24.3. The van der Waals surface area contributed by atoms with Gasteiger partial charge in [0, 0.05) is 37.1 Å². The molecule has 0 unspecified atom stereocenters. The van der Waals surface area contributed by atoms with E-state index in [-0.39, 0.29) is 18.2 Å². The number of nitrogens with one attached hydrogen (secondary N) is 2. The van der Waals surface area contributed by atoms with Crippen LogP contribution < -0.4 is 24.4 Å². The van der Waals surface area contributed by atoms with Gasteiger partial charge in [-0.15, -0.1) is 0 Å². The van der Waals surface area contributed by atoms with Crippen LogP contribution in [0.25, 0.3) is 22.0 Å². The molecule has 210 valence electrons. The molecule has 0 aliphatic carbocycles. The molecule has 1 amide bonds. The fourth-order valence-electron chi connectivity index (χ4n) is 4.52. The first kappa shape index (κ1) is 27.4. The maximum atomic E-state index is 13.4. The summed E-state index contributed by atoms with van der Waals surface area (Å²) >= 11 is 9.96. The Morgan fingerprint density at radius 2 is 1.86 bits per heavy atom. The summed E-state index contributed by atoms with van der Waals surface area (Å²) in [4.78, 5) is 29.5. The lowest BCUT2D eigenvalue weighted by molar-refractivity contribution is 0.0733. The number of H-pyrrole nitrogens is 1. The monoisotopic (exact) mass is 645 g/mol. The zero-order chi connectivity index (χ0) is 29.2. The van der Waals surface area contributed by atoms with Gasteiger partial charge < -0.3 is 23.9 Å². The van der Waals surface area contributed by atoms with Gasteiger partial charge in [0.15, 0.2) is 11.5 Å². The van der Waals surface area contributed by atoms with Crippen molar-refractivity contribution in [3.63, 3.8) is 0 Å². The number of hydrogen-bond acceptors (Lipinski definition) is 7. The van der Waals surface area contributed by atoms with Crippen molar-refractivity contribution in [1.29, 1.82) is 0 Å². The Morgan fingerprint density at radius 1 is 1.02 bits per heavy atom. The number of nitrogens with zero attached hydrogens (tertiary/aromatic N) is 1. The van der Waals surface area contributed by atoms with Gasteiger partial charge in [0.1, 0.15) is 17.2 Å². The largest absolute Gasteiger partial charge is 0.497 e. The summed E-state index contributed by atoms with van der Waals surface area (Å²) in [6.07, 6.45) is 1.39. The summed E-state index contributed by atoms with van der Waals surface area (Å²) in [5.74, 6) is 0.824. The number of rotatable bonds is 7. The number of aromatic amines is 1. The van der Waals surface area contributed by atoms with Gasteiger partial charge in [-0.2, -0.15) is 5.10 Å². The lowest BCUT2D eigenvalue weighted by atomic mass is 10.0. The Labute approximate surface area is 253 Å². The molecule has 1 aliphatic heterocycles. The van der Waals surface area contributed by atoms with E-state index >= 15 is 0 Å². The molecule has 2 N–H and O–H groups in total. The standard InChI is InChI=1S/C31H21BrClN3O6/c1-39-20-8-9-24-22(14-20)28(21-4-2-3-5-23(21)33)29(35-24)30(37)36-34-15-18-12-19(32)7-11-25(18)42-31(38)17-6-10-26-27(13-17)41-16-40-26/h2-15,35H,16H2,1H3,(H,36,37). The molecule has 9 nitrogen and oxygen atoms in total. The van der Waals surface area contributed by atoms with Gasteiger partial charge in [-0.1, -0.05) is 45.7 Å². The van der Waals surface area contributed by atoms with Crippen LogP contribution in [-0.4, -0.2) is 37.0 Å². The van der Waals surface area contributed by atoms with Crippen LogP contribution in [0.1, 0.15) is 26.4 Å². The van der Waals surface area contributed by atoms with Crippen molar-refractivity contribution in [2.45, 2.75) is 0 Å². The molecule has 0 bridgehead atoms. The van der Waals surface area contributed by atoms with Crippen molar-refractivity contribution >= 4 is 56.5 Å². The predicted molar refractivity (Wildman–Crippen MR) is 162 cm³/mol. The molecular weight excluding hydrogens is 626 g/mol. The number of aromatic nitrogens is 1. The normalized spacial score (nSPS) is 12.1. The molecule has 0 saturated carbocycles. The van der Waals surface area contributed by atoms with Gasteiger partial charge in [-0.05, 0) is 60.7 Å². The number of hydrogen-bond donors (Lipinski definition) is 2. The van der Waals surface area contributed by atoms with Gasteiger partial charge >= 0.3 is 5.97 Å². The smallest absolute Gasteiger partial charge is 0.343 e. The minimum absolute atomic E-state index is 0.0967. The van der Waals surface area contributed by atoms with E-state index in [1.54, 1.807) is 55.6 Å². The summed E-state index contributed by atoms with van der Waals surface area (Å²) in [5, 5.41) is 5.41. The van der Waals surface area contributed by atoms with Gasteiger partial charge in [0.2, 0.25) is 6.79 Å². The second kappa shape index (κ2) is 11.6. The number of benzene rings is 4. The average molecular weight is 647 g/mol. The molecule has 11 heteroatoms. The predicted octanol–water partition coefficient (Wildman–Crippen LogP) is 6.97. The van der Waals surface area contributed by atoms with E-state index in [1.807, 2.05) is 30.3 Å². The van der Waals surface area contributed by atoms with E-state index in [0.717, 1.165) is 15.4 Å². The highest BCUT2D eigenvalue weighted by molar-refractivity contribution is 9.10. The van der Waals surface area contributed by atoms with E-state index < -0.39 is 11.9 Å². The molecule has 42 heavy (non-hydrogen) atoms. The Morgan fingerprint density at radius 3 is 2.69 bits per heavy atom. The second-order valence-corrected chi connectivity index (χ2v) is 10.4. The summed E-state index contributed by atoms with van der Waals surface area (Å²) in [7, 11) is 1.58. The topological polar surface area (TPSA) is 111 Å². The Bertz CT molecular complexity index is 1890. The average Bonchev–Trinajstić information content (AvgIpc) is 3.62. The van der Waals surface area contributed by atoms with Crippen LogP contribution in [-0.2, 0) is 0 Å². The number of amides is 1. The molecule has 0 fully saturated rings. The summed E-state index contributed by atoms with van der Waals surface area (Å²) in [6, 6.07) is 22.6. The number of hydrazone groups is 1. The van der Waals surface area contributed by atoms with Crippen LogP contribution in [0.5, 0.6) is 23.0 Å². The first-order valence-electron chi connectivity index (χ1n) is 12.6. The van der Waals surface area contributed by atoms with Crippen molar-refractivity contribution in [1.82, 2.24) is 10.4 Å². The van der Waals surface area contributed by atoms with Crippen molar-refractivity contribution in [2.24, 2.45) is 5.10 Å². The van der Waals surface area contributed by atoms with Crippen LogP contribution in [0.4, 0.5) is 0 Å². The highest BCUT2D eigenvalue weighted by Gasteiger charge is 2.22. The fraction of sp³-hybridized carbons (Fsp3) is 0.0645. The molecule has 0 radical (unpaired) electrons. The van der Waals surface area contributed by atoms with Crippen LogP contribution >= 0.6 is 27.5 Å². The Balaban J connectivity index is 1.27. The minimum Gasteiger partial charge on any atom is -0.497 e. The van der Waals surface area contributed by atoms with Gasteiger partial charge in [0.25, 0.3) is 5.91 Å². The van der Waals surface area contributed by atoms with Crippen LogP contribution in [0.3, 0.4) is 0 Å². The third kappa shape index (κ3) is 5.41. The van der Waals surface area contributed by atoms with E-state index in [1.165, 1.54) is 6.21 Å². The molecule has 0 saturated heterocycles. The molecule has 5 aromatic rings. The lowest BCUT2D eigenvalue weighted by Crippen LogP contribution is -2.19. The fourth-order valence-corrected chi connectivity index (χ4v) is 5.13. The van der Waals surface area contributed by atoms with Crippen molar-refractivity contribution in [3.05, 3.63) is 105 Å². The number of halogens is 2. The molecule has 6 rings (SSSR count). The third-order valence-corrected chi connectivity index (χ3v) is 7.35.